The Morgan fingerprint density at radius 1 is 1.14 bits per heavy atom. The third-order valence-electron chi connectivity index (χ3n) is 5.45. The molecule has 0 spiro atoms. The molecular weight excluding hydrogens is 430 g/mol. The van der Waals surface area contributed by atoms with E-state index in [1.807, 2.05) is 53.4 Å². The third-order valence-corrected chi connectivity index (χ3v) is 5.98. The normalized spacial score (nSPS) is 19.1. The molecular formula is C23H20BrN3O2. The molecule has 2 N–H and O–H groups in total. The average Bonchev–Trinajstić information content (AvgIpc) is 2.74. The summed E-state index contributed by atoms with van der Waals surface area (Å²) in [6.07, 6.45) is 1.99. The van der Waals surface area contributed by atoms with Gasteiger partial charge < -0.3 is 10.5 Å². The summed E-state index contributed by atoms with van der Waals surface area (Å²) >= 11 is 3.45. The number of allylic oxidation sites excluding steroid dienone is 3. The van der Waals surface area contributed by atoms with Gasteiger partial charge in [-0.05, 0) is 54.8 Å². The highest BCUT2D eigenvalue weighted by Gasteiger charge is 2.40. The van der Waals surface area contributed by atoms with E-state index in [4.69, 9.17) is 10.5 Å². The maximum absolute atomic E-state index is 13.0. The van der Waals surface area contributed by atoms with Crippen molar-refractivity contribution in [1.29, 1.82) is 5.26 Å². The van der Waals surface area contributed by atoms with Crippen LogP contribution < -0.4 is 15.4 Å². The number of hydrogen-bond acceptors (Lipinski definition) is 5. The van der Waals surface area contributed by atoms with Gasteiger partial charge in [0.2, 0.25) is 0 Å². The number of Topliss-reactive ketones (excluding diaryl/α,β-unsaturated/α-hetero) is 1. The van der Waals surface area contributed by atoms with E-state index >= 15 is 0 Å². The number of nitriles is 1. The van der Waals surface area contributed by atoms with E-state index in [1.165, 1.54) is 0 Å². The van der Waals surface area contributed by atoms with Crippen molar-refractivity contribution < 1.29 is 9.53 Å². The number of rotatable bonds is 3. The third kappa shape index (κ3) is 3.32. The fourth-order valence-corrected chi connectivity index (χ4v) is 4.37. The van der Waals surface area contributed by atoms with Gasteiger partial charge in [0.25, 0.3) is 0 Å². The number of carbonyl (C=O) groups is 1. The van der Waals surface area contributed by atoms with Gasteiger partial charge in [-0.3, -0.25) is 9.69 Å². The zero-order valence-electron chi connectivity index (χ0n) is 16.0. The molecule has 2 aromatic rings. The molecule has 0 bridgehead atoms. The van der Waals surface area contributed by atoms with Gasteiger partial charge in [-0.25, -0.2) is 0 Å². The Bertz CT molecular complexity index is 1060. The lowest BCUT2D eigenvalue weighted by Crippen LogP contribution is -2.38. The van der Waals surface area contributed by atoms with Gasteiger partial charge in [0.05, 0.1) is 24.7 Å². The van der Waals surface area contributed by atoms with Crippen molar-refractivity contribution >= 4 is 27.4 Å². The molecule has 1 aliphatic heterocycles. The molecule has 1 aliphatic carbocycles. The lowest BCUT2D eigenvalue weighted by Gasteiger charge is -2.39. The molecule has 1 atom stereocenters. The number of ketones is 1. The summed E-state index contributed by atoms with van der Waals surface area (Å²) in [7, 11) is 1.61. The lowest BCUT2D eigenvalue weighted by atomic mass is 9.75. The summed E-state index contributed by atoms with van der Waals surface area (Å²) in [6, 6.07) is 17.5. The minimum atomic E-state index is -0.439. The zero-order valence-corrected chi connectivity index (χ0v) is 17.6. The van der Waals surface area contributed by atoms with E-state index in [1.54, 1.807) is 7.11 Å². The van der Waals surface area contributed by atoms with Gasteiger partial charge in [0, 0.05) is 27.9 Å². The molecule has 0 fully saturated rings. The summed E-state index contributed by atoms with van der Waals surface area (Å²) in [4.78, 5) is 14.9. The van der Waals surface area contributed by atoms with Crippen molar-refractivity contribution in [2.75, 3.05) is 12.0 Å². The van der Waals surface area contributed by atoms with E-state index in [0.717, 1.165) is 40.0 Å². The van der Waals surface area contributed by atoms with Crippen LogP contribution in [0.25, 0.3) is 0 Å². The van der Waals surface area contributed by atoms with Gasteiger partial charge in [-0.15, -0.1) is 0 Å². The maximum atomic E-state index is 13.0. The van der Waals surface area contributed by atoms with Crippen LogP contribution in [0.2, 0.25) is 0 Å². The zero-order chi connectivity index (χ0) is 20.5. The summed E-state index contributed by atoms with van der Waals surface area (Å²) in [6.45, 7) is 0. The second-order valence-electron chi connectivity index (χ2n) is 7.07. The van der Waals surface area contributed by atoms with Crippen molar-refractivity contribution in [2.24, 2.45) is 5.73 Å². The number of ether oxygens (including phenoxy) is 1. The van der Waals surface area contributed by atoms with Crippen molar-refractivity contribution in [3.8, 4) is 11.8 Å². The summed E-state index contributed by atoms with van der Waals surface area (Å²) in [5.74, 6) is 0.748. The van der Waals surface area contributed by atoms with Crippen molar-refractivity contribution in [1.82, 2.24) is 0 Å². The van der Waals surface area contributed by atoms with Crippen molar-refractivity contribution in [3.05, 3.63) is 81.2 Å². The maximum Gasteiger partial charge on any atom is 0.161 e. The number of anilines is 1. The molecule has 5 nitrogen and oxygen atoms in total. The molecule has 0 aromatic heterocycles. The molecule has 1 unspecified atom stereocenters. The highest BCUT2D eigenvalue weighted by atomic mass is 79.9. The Labute approximate surface area is 178 Å². The Kier molecular flexibility index (Phi) is 5.16. The molecule has 146 valence electrons. The number of carbonyl (C=O) groups excluding carboxylic acids is 1. The Hall–Kier alpha value is -3.04. The SMILES string of the molecule is COc1ccc(N2C(N)=C(C#N)C(c3ccc(Br)cc3)C3=C2CCCC3=O)cc1. The smallest absolute Gasteiger partial charge is 0.161 e. The number of methoxy groups -OCH3 is 1. The monoisotopic (exact) mass is 449 g/mol. The van der Waals surface area contributed by atoms with Crippen LogP contribution >= 0.6 is 15.9 Å². The topological polar surface area (TPSA) is 79.3 Å². The fourth-order valence-electron chi connectivity index (χ4n) is 4.10. The Morgan fingerprint density at radius 2 is 1.83 bits per heavy atom. The van der Waals surface area contributed by atoms with Gasteiger partial charge in [-0.1, -0.05) is 28.1 Å². The first-order chi connectivity index (χ1) is 14.0. The quantitative estimate of drug-likeness (QED) is 0.730. The Morgan fingerprint density at radius 3 is 2.45 bits per heavy atom. The van der Waals surface area contributed by atoms with Crippen LogP contribution in [0, 0.1) is 11.3 Å². The molecule has 2 aliphatic rings. The molecule has 0 saturated carbocycles. The largest absolute Gasteiger partial charge is 0.497 e. The molecule has 4 rings (SSSR count). The first kappa shape index (κ1) is 19.3. The van der Waals surface area contributed by atoms with Crippen LogP contribution in [0.15, 0.2) is 75.7 Å². The molecule has 6 heteroatoms. The van der Waals surface area contributed by atoms with E-state index in [9.17, 15) is 10.1 Å². The number of nitrogens with zero attached hydrogens (tertiary/aromatic N) is 2. The number of hydrogen-bond donors (Lipinski definition) is 1. The van der Waals surface area contributed by atoms with Crippen LogP contribution in [-0.4, -0.2) is 12.9 Å². The standard InChI is InChI=1S/C23H20BrN3O2/c1-29-17-11-9-16(10-12-17)27-19-3-2-4-20(28)22(19)21(18(13-25)23(27)26)14-5-7-15(24)8-6-14/h5-12,21H,2-4,26H2,1H3. The lowest BCUT2D eigenvalue weighted by molar-refractivity contribution is -0.116. The van der Waals surface area contributed by atoms with Gasteiger partial charge in [0.15, 0.2) is 5.78 Å². The van der Waals surface area contributed by atoms with Crippen LogP contribution in [0.1, 0.15) is 30.7 Å². The molecule has 0 saturated heterocycles. The Balaban J connectivity index is 1.92. The van der Waals surface area contributed by atoms with Crippen molar-refractivity contribution in [3.63, 3.8) is 0 Å². The molecule has 29 heavy (non-hydrogen) atoms. The van der Waals surface area contributed by atoms with Crippen LogP contribution in [0.4, 0.5) is 5.69 Å². The van der Waals surface area contributed by atoms with E-state index < -0.39 is 5.92 Å². The average molecular weight is 450 g/mol. The highest BCUT2D eigenvalue weighted by molar-refractivity contribution is 9.10. The van der Waals surface area contributed by atoms with Crippen LogP contribution in [0.5, 0.6) is 5.75 Å². The summed E-state index contributed by atoms with van der Waals surface area (Å²) in [5.41, 5.74) is 10.2. The molecule has 1 heterocycles. The van der Waals surface area contributed by atoms with Gasteiger partial charge in [-0.2, -0.15) is 5.26 Å². The van der Waals surface area contributed by atoms with Gasteiger partial charge >= 0.3 is 0 Å². The predicted molar refractivity (Wildman–Crippen MR) is 115 cm³/mol. The van der Waals surface area contributed by atoms with Crippen LogP contribution in [0.3, 0.4) is 0 Å². The molecule has 0 amide bonds. The number of halogens is 1. The highest BCUT2D eigenvalue weighted by Crippen LogP contribution is 2.46. The summed E-state index contributed by atoms with van der Waals surface area (Å²) in [5, 5.41) is 9.99. The van der Waals surface area contributed by atoms with Gasteiger partial charge in [0.1, 0.15) is 11.6 Å². The van der Waals surface area contributed by atoms with E-state index in [0.29, 0.717) is 23.4 Å². The molecule has 2 aromatic carbocycles. The number of nitrogens with two attached hydrogens (primary N) is 1. The second kappa shape index (κ2) is 7.76. The van der Waals surface area contributed by atoms with E-state index in [2.05, 4.69) is 22.0 Å². The number of benzene rings is 2. The minimum Gasteiger partial charge on any atom is -0.497 e. The van der Waals surface area contributed by atoms with Crippen molar-refractivity contribution in [2.45, 2.75) is 25.2 Å². The summed E-state index contributed by atoms with van der Waals surface area (Å²) < 4.78 is 6.19. The fraction of sp³-hybridized carbons (Fsp3) is 0.217. The minimum absolute atomic E-state index is 0.0814. The molecule has 0 radical (unpaired) electrons. The predicted octanol–water partition coefficient (Wildman–Crippen LogP) is 4.76. The van der Waals surface area contributed by atoms with E-state index in [-0.39, 0.29) is 5.78 Å². The second-order valence-corrected chi connectivity index (χ2v) is 7.98. The van der Waals surface area contributed by atoms with Crippen LogP contribution in [-0.2, 0) is 4.79 Å². The first-order valence-electron chi connectivity index (χ1n) is 9.40. The first-order valence-corrected chi connectivity index (χ1v) is 10.2.